The van der Waals surface area contributed by atoms with Crippen molar-refractivity contribution in [1.29, 1.82) is 0 Å². The van der Waals surface area contributed by atoms with Gasteiger partial charge >= 0.3 is 12.1 Å². The van der Waals surface area contributed by atoms with Crippen molar-refractivity contribution in [3.05, 3.63) is 35.9 Å². The smallest absolute Gasteiger partial charge is 0.408 e. The summed E-state index contributed by atoms with van der Waals surface area (Å²) in [5.41, 5.74) is 0.550. The number of nitrogens with one attached hydrogen (secondary N) is 1. The van der Waals surface area contributed by atoms with Crippen LogP contribution in [0.3, 0.4) is 0 Å². The molecule has 0 bridgehead atoms. The number of benzene rings is 1. The molecule has 1 rings (SSSR count). The molecule has 0 aromatic heterocycles. The molecule has 152 valence electrons. The molecule has 1 unspecified atom stereocenters. The van der Waals surface area contributed by atoms with E-state index in [0.717, 1.165) is 12.8 Å². The second-order valence-corrected chi connectivity index (χ2v) is 8.02. The number of ether oxygens (including phenoxy) is 2. The maximum atomic E-state index is 12.5. The highest BCUT2D eigenvalue weighted by Crippen LogP contribution is 2.34. The highest BCUT2D eigenvalue weighted by molar-refractivity contribution is 5.81. The van der Waals surface area contributed by atoms with Gasteiger partial charge in [0.1, 0.15) is 17.7 Å². The van der Waals surface area contributed by atoms with Crippen molar-refractivity contribution in [1.82, 2.24) is 5.32 Å². The molecule has 1 amide bonds. The minimum Gasteiger partial charge on any atom is -0.460 e. The number of hydrogen-bond donors (Lipinski definition) is 1. The molecule has 5 heteroatoms. The van der Waals surface area contributed by atoms with Gasteiger partial charge in [0.15, 0.2) is 0 Å². The Hall–Kier alpha value is -2.04. The van der Waals surface area contributed by atoms with Gasteiger partial charge < -0.3 is 14.8 Å². The summed E-state index contributed by atoms with van der Waals surface area (Å²) >= 11 is 0. The average Bonchev–Trinajstić information content (AvgIpc) is 2.58. The average molecular weight is 378 g/mol. The van der Waals surface area contributed by atoms with Crippen LogP contribution in [0.1, 0.15) is 72.8 Å². The summed E-state index contributed by atoms with van der Waals surface area (Å²) in [5.74, 6) is 0.0587. The fourth-order valence-corrected chi connectivity index (χ4v) is 3.30. The predicted octanol–water partition coefficient (Wildman–Crippen LogP) is 5.05. The van der Waals surface area contributed by atoms with Crippen molar-refractivity contribution < 1.29 is 19.1 Å². The molecule has 0 saturated heterocycles. The summed E-state index contributed by atoms with van der Waals surface area (Å²) in [7, 11) is 0. The molecule has 0 aliphatic heterocycles. The van der Waals surface area contributed by atoms with E-state index >= 15 is 0 Å². The third-order valence-electron chi connectivity index (χ3n) is 4.64. The molecule has 0 aliphatic carbocycles. The van der Waals surface area contributed by atoms with Crippen molar-refractivity contribution in [3.63, 3.8) is 0 Å². The van der Waals surface area contributed by atoms with E-state index in [1.807, 2.05) is 25.1 Å². The Labute approximate surface area is 163 Å². The Bertz CT molecular complexity index is 590. The SMILES string of the molecule is CCC(CC)[C@@H](c1ccccc1)C(C)OC(=O)[C@H](C)NC(=O)OC(C)(C)C. The van der Waals surface area contributed by atoms with Gasteiger partial charge in [0.2, 0.25) is 0 Å². The van der Waals surface area contributed by atoms with Crippen LogP contribution in [0.4, 0.5) is 4.79 Å². The van der Waals surface area contributed by atoms with Crippen LogP contribution in [-0.2, 0) is 14.3 Å². The van der Waals surface area contributed by atoms with E-state index in [-0.39, 0.29) is 12.0 Å². The lowest BCUT2D eigenvalue weighted by molar-refractivity contribution is -0.152. The first-order chi connectivity index (χ1) is 12.6. The van der Waals surface area contributed by atoms with Gasteiger partial charge in [-0.25, -0.2) is 9.59 Å². The van der Waals surface area contributed by atoms with Gasteiger partial charge in [-0.1, -0.05) is 57.0 Å². The number of hydrogen-bond acceptors (Lipinski definition) is 4. The van der Waals surface area contributed by atoms with Crippen LogP contribution in [0.25, 0.3) is 0 Å². The number of carbonyl (C=O) groups is 2. The van der Waals surface area contributed by atoms with Gasteiger partial charge in [-0.3, -0.25) is 0 Å². The Morgan fingerprint density at radius 2 is 1.59 bits per heavy atom. The van der Waals surface area contributed by atoms with E-state index in [0.29, 0.717) is 5.92 Å². The van der Waals surface area contributed by atoms with Crippen LogP contribution in [-0.4, -0.2) is 29.8 Å². The zero-order valence-electron chi connectivity index (χ0n) is 17.7. The van der Waals surface area contributed by atoms with Gasteiger partial charge in [0.25, 0.3) is 0 Å². The Morgan fingerprint density at radius 1 is 1.04 bits per heavy atom. The molecule has 0 heterocycles. The van der Waals surface area contributed by atoms with E-state index in [4.69, 9.17) is 9.47 Å². The number of esters is 1. The van der Waals surface area contributed by atoms with Gasteiger partial charge in [-0.15, -0.1) is 0 Å². The lowest BCUT2D eigenvalue weighted by Crippen LogP contribution is -2.43. The van der Waals surface area contributed by atoms with E-state index in [1.165, 1.54) is 5.56 Å². The van der Waals surface area contributed by atoms with Crippen LogP contribution in [0.5, 0.6) is 0 Å². The zero-order valence-corrected chi connectivity index (χ0v) is 17.7. The molecular weight excluding hydrogens is 342 g/mol. The van der Waals surface area contributed by atoms with Crippen molar-refractivity contribution >= 4 is 12.1 Å². The summed E-state index contributed by atoms with van der Waals surface area (Å²) in [6, 6.07) is 9.38. The predicted molar refractivity (Wildman–Crippen MR) is 108 cm³/mol. The van der Waals surface area contributed by atoms with Crippen LogP contribution < -0.4 is 5.32 Å². The fraction of sp³-hybridized carbons (Fsp3) is 0.636. The maximum absolute atomic E-state index is 12.5. The third-order valence-corrected chi connectivity index (χ3v) is 4.64. The number of amides is 1. The zero-order chi connectivity index (χ0) is 20.6. The van der Waals surface area contributed by atoms with Crippen molar-refractivity contribution in [2.75, 3.05) is 0 Å². The Morgan fingerprint density at radius 3 is 2.07 bits per heavy atom. The standard InChI is InChI=1S/C22H35NO4/c1-8-17(9-2)19(18-13-11-10-12-14-18)16(4)26-20(24)15(3)23-21(25)27-22(5,6)7/h10-17,19H,8-9H2,1-7H3,(H,23,25)/t15-,16?,19-/m0/s1. The lowest BCUT2D eigenvalue weighted by atomic mass is 9.79. The molecular formula is C22H35NO4. The lowest BCUT2D eigenvalue weighted by Gasteiger charge is -2.31. The summed E-state index contributed by atoms with van der Waals surface area (Å²) in [6.07, 6.45) is 1.08. The quantitative estimate of drug-likeness (QED) is 0.644. The summed E-state index contributed by atoms with van der Waals surface area (Å²) in [6.45, 7) is 13.2. The van der Waals surface area contributed by atoms with Crippen LogP contribution in [0, 0.1) is 5.92 Å². The molecule has 0 saturated carbocycles. The highest BCUT2D eigenvalue weighted by Gasteiger charge is 2.30. The minimum absolute atomic E-state index is 0.110. The second kappa shape index (κ2) is 10.3. The molecule has 0 fully saturated rings. The van der Waals surface area contributed by atoms with Gasteiger partial charge in [0, 0.05) is 5.92 Å². The largest absolute Gasteiger partial charge is 0.460 e. The third kappa shape index (κ3) is 7.61. The van der Waals surface area contributed by atoms with Gasteiger partial charge in [-0.2, -0.15) is 0 Å². The molecule has 1 aromatic rings. The number of carbonyl (C=O) groups excluding carboxylic acids is 2. The maximum Gasteiger partial charge on any atom is 0.408 e. The summed E-state index contributed by atoms with van der Waals surface area (Å²) < 4.78 is 10.9. The first kappa shape index (κ1) is 23.0. The van der Waals surface area contributed by atoms with Crippen LogP contribution in [0.2, 0.25) is 0 Å². The van der Waals surface area contributed by atoms with E-state index in [1.54, 1.807) is 27.7 Å². The molecule has 0 aliphatic rings. The van der Waals surface area contributed by atoms with Crippen LogP contribution in [0.15, 0.2) is 30.3 Å². The van der Waals surface area contributed by atoms with E-state index < -0.39 is 23.7 Å². The molecule has 0 radical (unpaired) electrons. The number of rotatable bonds is 8. The first-order valence-electron chi connectivity index (χ1n) is 9.84. The minimum atomic E-state index is -0.777. The van der Waals surface area contributed by atoms with Gasteiger partial charge in [-0.05, 0) is 46.1 Å². The van der Waals surface area contributed by atoms with Gasteiger partial charge in [0.05, 0.1) is 0 Å². The number of alkyl carbamates (subject to hydrolysis) is 1. The van der Waals surface area contributed by atoms with Crippen molar-refractivity contribution in [2.24, 2.45) is 5.92 Å². The Kier molecular flexibility index (Phi) is 8.80. The summed E-state index contributed by atoms with van der Waals surface area (Å²) in [5, 5.41) is 2.54. The van der Waals surface area contributed by atoms with Crippen molar-refractivity contribution in [3.8, 4) is 0 Å². The van der Waals surface area contributed by atoms with Crippen molar-refractivity contribution in [2.45, 2.75) is 85.0 Å². The molecule has 27 heavy (non-hydrogen) atoms. The fourth-order valence-electron chi connectivity index (χ4n) is 3.30. The molecule has 1 N–H and O–H groups in total. The molecule has 3 atom stereocenters. The monoisotopic (exact) mass is 377 g/mol. The van der Waals surface area contributed by atoms with E-state index in [9.17, 15) is 9.59 Å². The highest BCUT2D eigenvalue weighted by atomic mass is 16.6. The topological polar surface area (TPSA) is 64.6 Å². The summed E-state index contributed by atoms with van der Waals surface area (Å²) in [4.78, 5) is 24.4. The molecule has 0 spiro atoms. The second-order valence-electron chi connectivity index (χ2n) is 8.02. The molecule has 5 nitrogen and oxygen atoms in total. The normalized spacial score (nSPS) is 15.0. The molecule has 1 aromatic carbocycles. The van der Waals surface area contributed by atoms with Crippen LogP contribution >= 0.6 is 0 Å². The first-order valence-corrected chi connectivity index (χ1v) is 9.84. The van der Waals surface area contributed by atoms with E-state index in [2.05, 4.69) is 31.3 Å². The Balaban J connectivity index is 2.81.